The number of methoxy groups -OCH3 is 1. The average Bonchev–Trinajstić information content (AvgIpc) is 3.22. The zero-order valence-corrected chi connectivity index (χ0v) is 20.0. The van der Waals surface area contributed by atoms with Crippen LogP contribution in [0.3, 0.4) is 0 Å². The average molecular weight is 457 g/mol. The van der Waals surface area contributed by atoms with E-state index in [-0.39, 0.29) is 0 Å². The van der Waals surface area contributed by atoms with Gasteiger partial charge in [0.2, 0.25) is 11.4 Å². The molecule has 3 nitrogen and oxygen atoms in total. The van der Waals surface area contributed by atoms with E-state index in [9.17, 15) is 0 Å². The number of aryl methyl sites for hydroxylation is 1. The molecule has 2 aliphatic heterocycles. The summed E-state index contributed by atoms with van der Waals surface area (Å²) in [4.78, 5) is 0. The highest BCUT2D eigenvalue weighted by Gasteiger charge is 2.34. The molecule has 4 aromatic rings. The van der Waals surface area contributed by atoms with Crippen LogP contribution >= 0.6 is 0 Å². The molecule has 7 rings (SSSR count). The Kier molecular flexibility index (Phi) is 4.47. The Morgan fingerprint density at radius 2 is 1.71 bits per heavy atom. The molecule has 1 aliphatic carbocycles. The number of fused-ring (bicyclic) bond motifs is 3. The summed E-state index contributed by atoms with van der Waals surface area (Å²) < 4.78 is 14.5. The van der Waals surface area contributed by atoms with Crippen LogP contribution in [0.5, 0.6) is 11.5 Å². The number of hydrogen-bond acceptors (Lipinski definition) is 2. The van der Waals surface area contributed by atoms with Gasteiger partial charge in [-0.15, -0.1) is 0 Å². The molecule has 0 amide bonds. The van der Waals surface area contributed by atoms with Crippen molar-refractivity contribution in [2.24, 2.45) is 0 Å². The number of para-hydroxylation sites is 1. The molecule has 3 heteroatoms. The summed E-state index contributed by atoms with van der Waals surface area (Å²) in [6.45, 7) is 3.15. The first-order chi connectivity index (χ1) is 17.3. The number of ether oxygens (including phenoxy) is 2. The van der Waals surface area contributed by atoms with Crippen molar-refractivity contribution in [1.82, 2.24) is 0 Å². The largest absolute Gasteiger partial charge is 0.497 e. The fourth-order valence-corrected chi connectivity index (χ4v) is 5.92. The third-order valence-corrected chi connectivity index (χ3v) is 7.53. The van der Waals surface area contributed by atoms with Gasteiger partial charge >= 0.3 is 0 Å². The van der Waals surface area contributed by atoms with Crippen molar-refractivity contribution in [3.8, 4) is 11.5 Å². The second-order valence-corrected chi connectivity index (χ2v) is 9.30. The predicted octanol–water partition coefficient (Wildman–Crippen LogP) is 7.15. The second kappa shape index (κ2) is 7.71. The molecule has 4 aromatic carbocycles. The van der Waals surface area contributed by atoms with Gasteiger partial charge in [0.15, 0.2) is 0 Å². The van der Waals surface area contributed by atoms with Gasteiger partial charge in [-0.1, -0.05) is 42.5 Å². The van der Waals surface area contributed by atoms with Gasteiger partial charge in [0.1, 0.15) is 23.8 Å². The number of nitrogens with zero attached hydrogens (tertiary/aromatic N) is 1. The quantitative estimate of drug-likeness (QED) is 0.305. The van der Waals surface area contributed by atoms with Crippen LogP contribution in [-0.2, 0) is 6.42 Å². The zero-order chi connectivity index (χ0) is 23.5. The first kappa shape index (κ1) is 20.3. The lowest BCUT2D eigenvalue weighted by Gasteiger charge is -2.30. The highest BCUT2D eigenvalue weighted by atomic mass is 16.5. The maximum atomic E-state index is 6.58. The van der Waals surface area contributed by atoms with Gasteiger partial charge in [-0.2, -0.15) is 4.58 Å². The Bertz CT molecular complexity index is 1630. The van der Waals surface area contributed by atoms with E-state index >= 15 is 0 Å². The molecule has 0 aromatic heterocycles. The van der Waals surface area contributed by atoms with Gasteiger partial charge < -0.3 is 9.47 Å². The normalized spacial score (nSPS) is 16.8. The van der Waals surface area contributed by atoms with Crippen LogP contribution in [0.4, 0.5) is 5.69 Å². The monoisotopic (exact) mass is 456 g/mol. The third-order valence-electron chi connectivity index (χ3n) is 7.53. The van der Waals surface area contributed by atoms with E-state index in [4.69, 9.17) is 9.47 Å². The third kappa shape index (κ3) is 2.94. The number of hydrogen-bond donors (Lipinski definition) is 0. The van der Waals surface area contributed by atoms with Crippen LogP contribution < -0.4 is 9.47 Å². The first-order valence-electron chi connectivity index (χ1n) is 12.3. The fraction of sp³-hybridized carbons (Fsp3) is 0.156. The minimum Gasteiger partial charge on any atom is -0.497 e. The molecular weight excluding hydrogens is 430 g/mol. The molecule has 0 saturated carbocycles. The molecule has 0 bridgehead atoms. The summed E-state index contributed by atoms with van der Waals surface area (Å²) in [5, 5.41) is 2.64. The number of allylic oxidation sites excluding steroid dienone is 3. The SMILES string of the molecule is CC[N+]1=C(/C=C2/C3=C(Oc4ccccc42)c2ccc(OC)cc2CC3)c2cccc3cccc1c23. The van der Waals surface area contributed by atoms with Gasteiger partial charge in [-0.25, -0.2) is 0 Å². The summed E-state index contributed by atoms with van der Waals surface area (Å²) in [6, 6.07) is 28.0. The van der Waals surface area contributed by atoms with Crippen molar-refractivity contribution in [2.45, 2.75) is 19.8 Å². The topological polar surface area (TPSA) is 21.5 Å². The molecule has 170 valence electrons. The Balaban J connectivity index is 1.48. The molecule has 0 unspecified atom stereocenters. The van der Waals surface area contributed by atoms with E-state index in [0.717, 1.165) is 42.2 Å². The molecule has 0 spiro atoms. The molecule has 0 N–H and O–H groups in total. The summed E-state index contributed by atoms with van der Waals surface area (Å²) in [7, 11) is 1.72. The summed E-state index contributed by atoms with van der Waals surface area (Å²) in [5.41, 5.74) is 10.0. The minimum atomic E-state index is 0.894. The molecule has 0 atom stereocenters. The zero-order valence-electron chi connectivity index (χ0n) is 20.0. The van der Waals surface area contributed by atoms with Gasteiger partial charge in [0.05, 0.1) is 18.1 Å². The lowest BCUT2D eigenvalue weighted by atomic mass is 9.82. The van der Waals surface area contributed by atoms with Crippen molar-refractivity contribution < 1.29 is 14.0 Å². The van der Waals surface area contributed by atoms with Crippen molar-refractivity contribution in [3.63, 3.8) is 0 Å². The van der Waals surface area contributed by atoms with E-state index in [2.05, 4.69) is 90.4 Å². The maximum absolute atomic E-state index is 6.58. The highest BCUT2D eigenvalue weighted by molar-refractivity contribution is 6.22. The smallest absolute Gasteiger partial charge is 0.214 e. The first-order valence-corrected chi connectivity index (χ1v) is 12.3. The predicted molar refractivity (Wildman–Crippen MR) is 142 cm³/mol. The fourth-order valence-electron chi connectivity index (χ4n) is 5.92. The highest BCUT2D eigenvalue weighted by Crippen LogP contribution is 2.47. The minimum absolute atomic E-state index is 0.894. The molecule has 3 aliphatic rings. The van der Waals surface area contributed by atoms with Gasteiger partial charge in [-0.05, 0) is 66.6 Å². The number of rotatable bonds is 3. The molecule has 2 heterocycles. The standard InChI is InChI=1S/C32H26NO2/c1-3-33-28-12-7-9-20-8-6-11-26(31(20)28)29(33)19-27-24-10-4-5-13-30(24)35-32-23-17-15-22(34-2)18-21(23)14-16-25(27)32/h4-13,15,17-19H,3,14,16H2,1-2H3/q+1/b27-19+. The van der Waals surface area contributed by atoms with Crippen LogP contribution in [0.25, 0.3) is 22.1 Å². The van der Waals surface area contributed by atoms with Crippen LogP contribution in [0, 0.1) is 0 Å². The van der Waals surface area contributed by atoms with Gasteiger partial charge in [0.25, 0.3) is 0 Å². The molecule has 0 fully saturated rings. The van der Waals surface area contributed by atoms with Crippen molar-refractivity contribution in [3.05, 3.63) is 113 Å². The summed E-state index contributed by atoms with van der Waals surface area (Å²) in [6.07, 6.45) is 4.31. The van der Waals surface area contributed by atoms with E-state index in [1.807, 2.05) is 6.07 Å². The Hall–Kier alpha value is -4.11. The molecule has 0 radical (unpaired) electrons. The van der Waals surface area contributed by atoms with E-state index in [0.29, 0.717) is 0 Å². The molecular formula is C32H26NO2+. The maximum Gasteiger partial charge on any atom is 0.214 e. The summed E-state index contributed by atoms with van der Waals surface area (Å²) >= 11 is 0. The Labute approximate surface area is 205 Å². The molecule has 35 heavy (non-hydrogen) atoms. The number of benzene rings is 4. The molecule has 0 saturated heterocycles. The van der Waals surface area contributed by atoms with Gasteiger partial charge in [-0.3, -0.25) is 0 Å². The van der Waals surface area contributed by atoms with Crippen LogP contribution in [0.1, 0.15) is 35.6 Å². The second-order valence-electron chi connectivity index (χ2n) is 9.30. The summed E-state index contributed by atoms with van der Waals surface area (Å²) in [5.74, 6) is 2.79. The van der Waals surface area contributed by atoms with Crippen molar-refractivity contribution >= 4 is 33.5 Å². The van der Waals surface area contributed by atoms with Gasteiger partial charge in [0, 0.05) is 28.8 Å². The van der Waals surface area contributed by atoms with E-state index in [1.165, 1.54) is 50.0 Å². The van der Waals surface area contributed by atoms with Crippen molar-refractivity contribution in [1.29, 1.82) is 0 Å². The van der Waals surface area contributed by atoms with Crippen molar-refractivity contribution in [2.75, 3.05) is 13.7 Å². The van der Waals surface area contributed by atoms with Crippen LogP contribution in [0.15, 0.2) is 90.5 Å². The Morgan fingerprint density at radius 1 is 0.886 bits per heavy atom. The van der Waals surface area contributed by atoms with E-state index in [1.54, 1.807) is 7.11 Å². The van der Waals surface area contributed by atoms with Crippen LogP contribution in [-0.4, -0.2) is 23.9 Å². The van der Waals surface area contributed by atoms with Crippen LogP contribution in [0.2, 0.25) is 0 Å². The lowest BCUT2D eigenvalue weighted by Crippen LogP contribution is -2.17. The lowest BCUT2D eigenvalue weighted by molar-refractivity contribution is -0.430. The Morgan fingerprint density at radius 3 is 2.57 bits per heavy atom. The van der Waals surface area contributed by atoms with E-state index < -0.39 is 0 Å².